The highest BCUT2D eigenvalue weighted by Crippen LogP contribution is 2.43. The number of aromatic nitrogens is 4. The molecule has 2 saturated heterocycles. The van der Waals surface area contributed by atoms with Crippen molar-refractivity contribution >= 4 is 22.8 Å². The lowest BCUT2D eigenvalue weighted by Gasteiger charge is -2.58. The van der Waals surface area contributed by atoms with E-state index in [1.54, 1.807) is 16.8 Å². The zero-order valence-corrected chi connectivity index (χ0v) is 19.1. The first kappa shape index (κ1) is 20.6. The van der Waals surface area contributed by atoms with Crippen molar-refractivity contribution in [2.45, 2.75) is 37.4 Å². The fraction of sp³-hybridized carbons (Fsp3) is 0.360. The lowest BCUT2D eigenvalue weighted by molar-refractivity contribution is -0.0847. The molecule has 2 aliphatic heterocycles. The molecular formula is C25H23FN6O3. The van der Waals surface area contributed by atoms with Gasteiger partial charge in [0.15, 0.2) is 0 Å². The summed E-state index contributed by atoms with van der Waals surface area (Å²) in [6, 6.07) is 9.59. The number of halogens is 1. The molecule has 1 N–H and O–H groups in total. The summed E-state index contributed by atoms with van der Waals surface area (Å²) >= 11 is 0. The SMILES string of the molecule is Cc1ccc(-c2noc([C@H]3C[C@@H]3F)n2)cc1NC(=O)c1cnn2ccc(N3CCC34COC4)cc12. The van der Waals surface area contributed by atoms with Crippen LogP contribution in [-0.2, 0) is 4.74 Å². The summed E-state index contributed by atoms with van der Waals surface area (Å²) in [6.07, 6.45) is 4.10. The molecule has 4 aromatic rings. The molecule has 1 saturated carbocycles. The monoisotopic (exact) mass is 474 g/mol. The van der Waals surface area contributed by atoms with Crippen molar-refractivity contribution in [1.29, 1.82) is 0 Å². The number of rotatable bonds is 5. The first-order valence-corrected chi connectivity index (χ1v) is 11.7. The molecular weight excluding hydrogens is 451 g/mol. The number of hydrogen-bond donors (Lipinski definition) is 1. The molecule has 10 heteroatoms. The van der Waals surface area contributed by atoms with Gasteiger partial charge in [0, 0.05) is 29.7 Å². The molecule has 35 heavy (non-hydrogen) atoms. The summed E-state index contributed by atoms with van der Waals surface area (Å²) in [7, 11) is 0. The van der Waals surface area contributed by atoms with E-state index in [1.165, 1.54) is 0 Å². The average molecular weight is 474 g/mol. The van der Waals surface area contributed by atoms with Gasteiger partial charge >= 0.3 is 0 Å². The molecule has 5 heterocycles. The summed E-state index contributed by atoms with van der Waals surface area (Å²) in [5.41, 5.74) is 4.62. The Hall–Kier alpha value is -3.79. The van der Waals surface area contributed by atoms with Crippen molar-refractivity contribution in [3.8, 4) is 11.4 Å². The summed E-state index contributed by atoms with van der Waals surface area (Å²) < 4.78 is 25.7. The quantitative estimate of drug-likeness (QED) is 0.470. The maximum absolute atomic E-state index is 13.3. The maximum atomic E-state index is 13.3. The van der Waals surface area contributed by atoms with Gasteiger partial charge in [-0.3, -0.25) is 4.79 Å². The lowest BCUT2D eigenvalue weighted by Crippen LogP contribution is -2.71. The molecule has 0 bridgehead atoms. The first-order valence-electron chi connectivity index (χ1n) is 11.7. The number of pyridine rings is 1. The number of nitrogens with one attached hydrogen (secondary N) is 1. The van der Waals surface area contributed by atoms with Crippen LogP contribution in [-0.4, -0.2) is 57.1 Å². The van der Waals surface area contributed by atoms with E-state index in [2.05, 4.69) is 25.5 Å². The minimum Gasteiger partial charge on any atom is -0.376 e. The maximum Gasteiger partial charge on any atom is 0.259 e. The number of ether oxygens (including phenoxy) is 1. The Bertz CT molecular complexity index is 1470. The number of fused-ring (bicyclic) bond motifs is 1. The van der Waals surface area contributed by atoms with E-state index in [0.717, 1.165) is 42.9 Å². The first-order chi connectivity index (χ1) is 17.0. The minimum absolute atomic E-state index is 0.109. The zero-order chi connectivity index (χ0) is 23.7. The van der Waals surface area contributed by atoms with Crippen molar-refractivity contribution in [3.63, 3.8) is 0 Å². The predicted molar refractivity (Wildman–Crippen MR) is 125 cm³/mol. The summed E-state index contributed by atoms with van der Waals surface area (Å²) in [5.74, 6) is 0.135. The molecule has 1 aromatic carbocycles. The second-order valence-electron chi connectivity index (χ2n) is 9.69. The van der Waals surface area contributed by atoms with Gasteiger partial charge in [0.25, 0.3) is 5.91 Å². The summed E-state index contributed by atoms with van der Waals surface area (Å²) in [4.78, 5) is 20.0. The molecule has 9 nitrogen and oxygen atoms in total. The van der Waals surface area contributed by atoms with Crippen LogP contribution in [0, 0.1) is 6.92 Å². The van der Waals surface area contributed by atoms with Crippen LogP contribution in [0.25, 0.3) is 16.9 Å². The van der Waals surface area contributed by atoms with Crippen LogP contribution in [0.5, 0.6) is 0 Å². The number of amides is 1. The second-order valence-corrected chi connectivity index (χ2v) is 9.69. The van der Waals surface area contributed by atoms with Crippen molar-refractivity contribution in [2.24, 2.45) is 0 Å². The molecule has 2 atom stereocenters. The fourth-order valence-electron chi connectivity index (χ4n) is 4.90. The molecule has 1 spiro atoms. The molecule has 0 radical (unpaired) electrons. The third kappa shape index (κ3) is 3.23. The van der Waals surface area contributed by atoms with Crippen LogP contribution in [0.1, 0.15) is 40.6 Å². The summed E-state index contributed by atoms with van der Waals surface area (Å²) in [5, 5.41) is 11.4. The standard InChI is InChI=1S/C25H23FN6O3/c1-14-2-3-15(22-29-24(35-30-22)17-10-19(17)26)8-20(14)28-23(33)18-11-27-32-6-4-16(9-21(18)32)31-7-5-25(31)12-34-13-25/h2-4,6,8-9,11,17,19H,5,7,10,12-13H2,1H3,(H,28,33)/t17-,19-/m0/s1. The van der Waals surface area contributed by atoms with Gasteiger partial charge in [0.1, 0.15) is 6.17 Å². The largest absolute Gasteiger partial charge is 0.376 e. The van der Waals surface area contributed by atoms with E-state index in [-0.39, 0.29) is 17.4 Å². The Morgan fingerprint density at radius 1 is 1.26 bits per heavy atom. The molecule has 0 unspecified atom stereocenters. The van der Waals surface area contributed by atoms with Crippen LogP contribution < -0.4 is 10.2 Å². The van der Waals surface area contributed by atoms with E-state index >= 15 is 0 Å². The molecule has 3 aliphatic rings. The average Bonchev–Trinajstić information content (AvgIpc) is 3.19. The number of aryl methyl sites for hydroxylation is 1. The van der Waals surface area contributed by atoms with E-state index in [0.29, 0.717) is 35.0 Å². The molecule has 1 aliphatic carbocycles. The van der Waals surface area contributed by atoms with E-state index in [1.807, 2.05) is 37.4 Å². The number of hydrogen-bond acceptors (Lipinski definition) is 7. The lowest BCUT2D eigenvalue weighted by atomic mass is 9.82. The van der Waals surface area contributed by atoms with Crippen molar-refractivity contribution in [2.75, 3.05) is 30.0 Å². The van der Waals surface area contributed by atoms with Gasteiger partial charge in [0.2, 0.25) is 11.7 Å². The number of anilines is 2. The Balaban J connectivity index is 1.16. The third-order valence-corrected chi connectivity index (χ3v) is 7.39. The normalized spacial score (nSPS) is 22.2. The number of nitrogens with zero attached hydrogens (tertiary/aromatic N) is 5. The number of benzene rings is 1. The second kappa shape index (κ2) is 7.35. The Labute approximate surface area is 199 Å². The summed E-state index contributed by atoms with van der Waals surface area (Å²) in [6.45, 7) is 4.39. The van der Waals surface area contributed by atoms with Crippen LogP contribution >= 0.6 is 0 Å². The highest BCUT2D eigenvalue weighted by molar-refractivity contribution is 6.09. The smallest absolute Gasteiger partial charge is 0.259 e. The van der Waals surface area contributed by atoms with Crippen LogP contribution in [0.4, 0.5) is 15.8 Å². The number of alkyl halides is 1. The van der Waals surface area contributed by atoms with Gasteiger partial charge < -0.3 is 19.5 Å². The third-order valence-electron chi connectivity index (χ3n) is 7.39. The number of carbonyl (C=O) groups is 1. The van der Waals surface area contributed by atoms with Gasteiger partial charge in [-0.1, -0.05) is 17.3 Å². The Morgan fingerprint density at radius 2 is 2.11 bits per heavy atom. The van der Waals surface area contributed by atoms with E-state index < -0.39 is 6.17 Å². The van der Waals surface area contributed by atoms with Crippen molar-refractivity contribution in [1.82, 2.24) is 19.8 Å². The van der Waals surface area contributed by atoms with Gasteiger partial charge in [-0.2, -0.15) is 10.1 Å². The van der Waals surface area contributed by atoms with Crippen LogP contribution in [0.15, 0.2) is 47.2 Å². The highest BCUT2D eigenvalue weighted by Gasteiger charge is 2.50. The van der Waals surface area contributed by atoms with Crippen molar-refractivity contribution in [3.05, 3.63) is 59.7 Å². The minimum atomic E-state index is -0.906. The molecule has 7 rings (SSSR count). The highest BCUT2D eigenvalue weighted by atomic mass is 19.1. The van der Waals surface area contributed by atoms with Gasteiger partial charge in [-0.25, -0.2) is 8.91 Å². The Kier molecular flexibility index (Phi) is 4.32. The fourth-order valence-corrected chi connectivity index (χ4v) is 4.90. The number of carbonyl (C=O) groups excluding carboxylic acids is 1. The molecule has 178 valence electrons. The topological polar surface area (TPSA) is 97.8 Å². The van der Waals surface area contributed by atoms with Gasteiger partial charge in [-0.05, 0) is 43.5 Å². The predicted octanol–water partition coefficient (Wildman–Crippen LogP) is 3.75. The van der Waals surface area contributed by atoms with Gasteiger partial charge in [0.05, 0.1) is 41.9 Å². The van der Waals surface area contributed by atoms with Crippen LogP contribution in [0.3, 0.4) is 0 Å². The van der Waals surface area contributed by atoms with Gasteiger partial charge in [-0.15, -0.1) is 0 Å². The molecule has 1 amide bonds. The van der Waals surface area contributed by atoms with E-state index in [4.69, 9.17) is 9.26 Å². The Morgan fingerprint density at radius 3 is 2.83 bits per heavy atom. The molecule has 3 fully saturated rings. The van der Waals surface area contributed by atoms with E-state index in [9.17, 15) is 9.18 Å². The molecule has 3 aromatic heterocycles. The van der Waals surface area contributed by atoms with Crippen LogP contribution in [0.2, 0.25) is 0 Å². The zero-order valence-electron chi connectivity index (χ0n) is 19.1. The van der Waals surface area contributed by atoms with Crippen molar-refractivity contribution < 1.29 is 18.4 Å².